The summed E-state index contributed by atoms with van der Waals surface area (Å²) in [6, 6.07) is 0. The monoisotopic (exact) mass is 286 g/mol. The molecule has 96 valence electrons. The number of hydrogen-bond donors (Lipinski definition) is 0. The summed E-state index contributed by atoms with van der Waals surface area (Å²) >= 11 is 0. The first-order chi connectivity index (χ1) is 7.62. The predicted molar refractivity (Wildman–Crippen MR) is 77.1 cm³/mol. The molecule has 0 aliphatic rings. The normalized spacial score (nSPS) is 14.0. The molecule has 0 aromatic carbocycles. The van der Waals surface area contributed by atoms with Crippen LogP contribution in [0, 0.1) is 25.7 Å². The summed E-state index contributed by atoms with van der Waals surface area (Å²) in [5.41, 5.74) is 0. The molecule has 2 unspecified atom stereocenters. The first kappa shape index (κ1) is 22.3. The molecule has 17 heavy (non-hydrogen) atoms. The first-order valence-corrected chi connectivity index (χ1v) is 6.50. The molecule has 0 amide bonds. The van der Waals surface area contributed by atoms with E-state index in [0.29, 0.717) is 11.8 Å². The van der Waals surface area contributed by atoms with Gasteiger partial charge in [-0.2, -0.15) is 11.8 Å². The molecular weight excluding hydrogens is 258 g/mol. The van der Waals surface area contributed by atoms with E-state index in [1.807, 2.05) is 13.8 Å². The Balaban J connectivity index is -0.000000218. The topological polar surface area (TPSA) is 0 Å². The third-order valence-electron chi connectivity index (χ3n) is 2.56. The minimum atomic E-state index is 0. The molecule has 0 aromatic rings. The SMILES string of the molecule is [CH2-]C(CC)CC=CC.[CH2-]C(CC)CC=CC.[Zn+2]. The first-order valence-electron chi connectivity index (χ1n) is 6.50. The van der Waals surface area contributed by atoms with Crippen LogP contribution in [0.15, 0.2) is 24.3 Å². The summed E-state index contributed by atoms with van der Waals surface area (Å²) < 4.78 is 0. The summed E-state index contributed by atoms with van der Waals surface area (Å²) in [7, 11) is 0. The molecule has 0 aromatic heterocycles. The fourth-order valence-corrected chi connectivity index (χ4v) is 0.990. The minimum absolute atomic E-state index is 0. The van der Waals surface area contributed by atoms with Gasteiger partial charge in [0.25, 0.3) is 0 Å². The Morgan fingerprint density at radius 3 is 1.29 bits per heavy atom. The van der Waals surface area contributed by atoms with E-state index in [2.05, 4.69) is 52.0 Å². The van der Waals surface area contributed by atoms with E-state index in [1.54, 1.807) is 0 Å². The van der Waals surface area contributed by atoms with Crippen molar-refractivity contribution < 1.29 is 19.5 Å². The summed E-state index contributed by atoms with van der Waals surface area (Å²) in [5, 5.41) is 0. The second-order valence-corrected chi connectivity index (χ2v) is 4.16. The van der Waals surface area contributed by atoms with Crippen molar-refractivity contribution in [2.45, 2.75) is 53.4 Å². The quantitative estimate of drug-likeness (QED) is 0.338. The van der Waals surface area contributed by atoms with Gasteiger partial charge in [-0.25, -0.2) is 0 Å². The van der Waals surface area contributed by atoms with Crippen molar-refractivity contribution in [2.24, 2.45) is 11.8 Å². The van der Waals surface area contributed by atoms with Crippen LogP contribution < -0.4 is 0 Å². The maximum absolute atomic E-state index is 3.94. The Bertz CT molecular complexity index is 150. The van der Waals surface area contributed by atoms with Crippen molar-refractivity contribution in [1.82, 2.24) is 0 Å². The zero-order chi connectivity index (χ0) is 12.8. The second kappa shape index (κ2) is 18.5. The van der Waals surface area contributed by atoms with Gasteiger partial charge in [0.05, 0.1) is 0 Å². The van der Waals surface area contributed by atoms with Gasteiger partial charge in [0.1, 0.15) is 0 Å². The average Bonchev–Trinajstić information content (AvgIpc) is 2.33. The van der Waals surface area contributed by atoms with Gasteiger partial charge in [-0.1, -0.05) is 63.8 Å². The van der Waals surface area contributed by atoms with Crippen LogP contribution in [-0.4, -0.2) is 0 Å². The van der Waals surface area contributed by atoms with Crippen molar-refractivity contribution in [3.63, 3.8) is 0 Å². The van der Waals surface area contributed by atoms with Gasteiger partial charge >= 0.3 is 19.5 Å². The molecule has 0 aliphatic carbocycles. The van der Waals surface area contributed by atoms with Gasteiger partial charge in [-0.15, -0.1) is 0 Å². The molecule has 0 nitrogen and oxygen atoms in total. The minimum Gasteiger partial charge on any atom is -0.340 e. The van der Waals surface area contributed by atoms with Gasteiger partial charge in [0.2, 0.25) is 0 Å². The molecule has 0 saturated carbocycles. The summed E-state index contributed by atoms with van der Waals surface area (Å²) in [6.07, 6.45) is 13.1. The predicted octanol–water partition coefficient (Wildman–Crippen LogP) is 5.62. The van der Waals surface area contributed by atoms with Crippen LogP contribution in [0.25, 0.3) is 0 Å². The van der Waals surface area contributed by atoms with Crippen molar-refractivity contribution in [2.75, 3.05) is 0 Å². The molecule has 0 spiro atoms. The fourth-order valence-electron chi connectivity index (χ4n) is 0.990. The molecule has 2 atom stereocenters. The van der Waals surface area contributed by atoms with E-state index in [-0.39, 0.29) is 19.5 Å². The standard InChI is InChI=1S/2C8H15.Zn/c2*1-4-6-7-8(3)5-2;/h2*4,6,8H,3,5,7H2,1-2H3;/q2*-1;+2. The van der Waals surface area contributed by atoms with E-state index >= 15 is 0 Å². The van der Waals surface area contributed by atoms with Crippen LogP contribution in [0.1, 0.15) is 53.4 Å². The van der Waals surface area contributed by atoms with Crippen LogP contribution in [0.3, 0.4) is 0 Å². The molecule has 0 radical (unpaired) electrons. The maximum Gasteiger partial charge on any atom is 2.00 e. The van der Waals surface area contributed by atoms with E-state index in [0.717, 1.165) is 12.8 Å². The van der Waals surface area contributed by atoms with Gasteiger partial charge in [0.15, 0.2) is 0 Å². The molecule has 0 saturated heterocycles. The van der Waals surface area contributed by atoms with Crippen LogP contribution in [0.2, 0.25) is 0 Å². The second-order valence-electron chi connectivity index (χ2n) is 4.16. The van der Waals surface area contributed by atoms with E-state index < -0.39 is 0 Å². The molecular formula is C16H30Zn. The van der Waals surface area contributed by atoms with Gasteiger partial charge < -0.3 is 13.8 Å². The van der Waals surface area contributed by atoms with Crippen LogP contribution in [-0.2, 0) is 19.5 Å². The number of hydrogen-bond acceptors (Lipinski definition) is 0. The Morgan fingerprint density at radius 1 is 0.824 bits per heavy atom. The van der Waals surface area contributed by atoms with Crippen molar-refractivity contribution in [3.05, 3.63) is 38.2 Å². The fraction of sp³-hybridized carbons (Fsp3) is 0.625. The molecule has 0 N–H and O–H groups in total. The zero-order valence-corrected chi connectivity index (χ0v) is 15.4. The van der Waals surface area contributed by atoms with E-state index in [1.165, 1.54) is 12.8 Å². The number of allylic oxidation sites excluding steroid dienone is 4. The van der Waals surface area contributed by atoms with Crippen LogP contribution in [0.4, 0.5) is 0 Å². The molecule has 0 fully saturated rings. The smallest absolute Gasteiger partial charge is 0.340 e. The van der Waals surface area contributed by atoms with Crippen molar-refractivity contribution in [3.8, 4) is 0 Å². The largest absolute Gasteiger partial charge is 2.00 e. The third-order valence-corrected chi connectivity index (χ3v) is 2.56. The molecule has 0 heterocycles. The Kier molecular flexibility index (Phi) is 24.2. The molecule has 0 bridgehead atoms. The summed E-state index contributed by atoms with van der Waals surface area (Å²) in [5.74, 6) is 1.23. The Labute approximate surface area is 123 Å². The van der Waals surface area contributed by atoms with Gasteiger partial charge in [-0.05, 0) is 13.8 Å². The van der Waals surface area contributed by atoms with E-state index in [9.17, 15) is 0 Å². The summed E-state index contributed by atoms with van der Waals surface area (Å²) in [6.45, 7) is 16.3. The zero-order valence-electron chi connectivity index (χ0n) is 12.4. The summed E-state index contributed by atoms with van der Waals surface area (Å²) in [4.78, 5) is 0. The van der Waals surface area contributed by atoms with Crippen LogP contribution in [0.5, 0.6) is 0 Å². The molecule has 0 aliphatic heterocycles. The van der Waals surface area contributed by atoms with Gasteiger partial charge in [-0.3, -0.25) is 0 Å². The van der Waals surface area contributed by atoms with Crippen LogP contribution >= 0.6 is 0 Å². The molecule has 0 rings (SSSR count). The van der Waals surface area contributed by atoms with Gasteiger partial charge in [0, 0.05) is 0 Å². The third kappa shape index (κ3) is 21.9. The maximum atomic E-state index is 3.94. The van der Waals surface area contributed by atoms with E-state index in [4.69, 9.17) is 0 Å². The van der Waals surface area contributed by atoms with Crippen molar-refractivity contribution in [1.29, 1.82) is 0 Å². The van der Waals surface area contributed by atoms with Crippen molar-refractivity contribution >= 4 is 0 Å². The Hall–Kier alpha value is 0.103. The average molecular weight is 288 g/mol. The number of rotatable bonds is 6. The molecule has 1 heteroatoms. The Morgan fingerprint density at radius 2 is 1.12 bits per heavy atom.